The molecule has 0 atom stereocenters. The molecule has 2 aromatic heterocycles. The van der Waals surface area contributed by atoms with Crippen molar-refractivity contribution in [2.45, 2.75) is 0 Å². The lowest BCUT2D eigenvalue weighted by molar-refractivity contribution is 1.18. The summed E-state index contributed by atoms with van der Waals surface area (Å²) in [5.74, 6) is 0. The van der Waals surface area contributed by atoms with Crippen LogP contribution >= 0.6 is 0 Å². The van der Waals surface area contributed by atoms with Gasteiger partial charge in [-0.2, -0.15) is 0 Å². The topological polar surface area (TPSA) is 9.86 Å². The molecule has 0 aliphatic carbocycles. The van der Waals surface area contributed by atoms with Gasteiger partial charge >= 0.3 is 0 Å². The van der Waals surface area contributed by atoms with E-state index in [1.807, 2.05) is 0 Å². The molecule has 2 heteroatoms. The van der Waals surface area contributed by atoms with Crippen LogP contribution in [0.1, 0.15) is 0 Å². The molecular formula is C82H52N2. The maximum atomic E-state index is 2.46. The minimum atomic E-state index is 1.15. The molecule has 84 heavy (non-hydrogen) atoms. The molecule has 390 valence electrons. The van der Waals surface area contributed by atoms with Gasteiger partial charge in [0.15, 0.2) is 0 Å². The highest BCUT2D eigenvalue weighted by molar-refractivity contribution is 6.23. The van der Waals surface area contributed by atoms with Crippen LogP contribution in [0.4, 0.5) is 0 Å². The molecule has 0 amide bonds. The van der Waals surface area contributed by atoms with Gasteiger partial charge < -0.3 is 9.13 Å². The number of aromatic nitrogens is 2. The van der Waals surface area contributed by atoms with Crippen molar-refractivity contribution in [1.29, 1.82) is 0 Å². The average molecular weight is 1070 g/mol. The number of rotatable bonds is 8. The first kappa shape index (κ1) is 47.7. The monoisotopic (exact) mass is 1060 g/mol. The number of hydrogen-bond acceptors (Lipinski definition) is 0. The maximum absolute atomic E-state index is 2.46. The van der Waals surface area contributed by atoms with Gasteiger partial charge in [-0.1, -0.05) is 218 Å². The third-order valence-electron chi connectivity index (χ3n) is 17.6. The molecule has 0 aliphatic rings. The number of hydrogen-bond donors (Lipinski definition) is 0. The molecule has 17 aromatic rings. The molecule has 0 spiro atoms. The summed E-state index contributed by atoms with van der Waals surface area (Å²) in [5, 5.41) is 14.8. The molecule has 17 rings (SSSR count). The Bertz CT molecular complexity index is 5120. The summed E-state index contributed by atoms with van der Waals surface area (Å²) in [6.07, 6.45) is 0. The van der Waals surface area contributed by atoms with E-state index in [2.05, 4.69) is 325 Å². The van der Waals surface area contributed by atoms with Gasteiger partial charge in [0.05, 0.1) is 22.1 Å². The standard InChI is InChI=1S/C82H52N2/c1-5-19-55(20-6-1)81-69-39-33-62(66-38-44-80-74(50-66)72-48-64(60-32-30-54-18-14-16-24-58(54)46-60)36-42-78(72)84(80)68-27-11-4-12-28-68)52-76(69)82(56-21-7-2-8-22-56)70-40-34-61(51-75(70)81)65-37-43-79-73(49-65)71-47-63(59-31-29-53-17-13-15-23-57(53)45-59)35-41-77(71)83(79)67-25-9-3-10-26-67/h1-52H. The summed E-state index contributed by atoms with van der Waals surface area (Å²) in [6.45, 7) is 0. The van der Waals surface area contributed by atoms with E-state index in [1.54, 1.807) is 0 Å². The van der Waals surface area contributed by atoms with Crippen LogP contribution < -0.4 is 0 Å². The van der Waals surface area contributed by atoms with Gasteiger partial charge in [0.2, 0.25) is 0 Å². The first-order chi connectivity index (χ1) is 41.6. The van der Waals surface area contributed by atoms with E-state index in [4.69, 9.17) is 0 Å². The van der Waals surface area contributed by atoms with Crippen LogP contribution in [0.25, 0.3) is 165 Å². The Hall–Kier alpha value is -11.1. The van der Waals surface area contributed by atoms with Crippen LogP contribution in [0, 0.1) is 0 Å². The predicted octanol–water partition coefficient (Wildman–Crippen LogP) is 22.5. The second-order valence-corrected chi connectivity index (χ2v) is 22.4. The van der Waals surface area contributed by atoms with E-state index in [9.17, 15) is 0 Å². The van der Waals surface area contributed by atoms with Gasteiger partial charge in [-0.05, 0) is 207 Å². The highest BCUT2D eigenvalue weighted by Gasteiger charge is 2.22. The lowest BCUT2D eigenvalue weighted by atomic mass is 9.84. The molecule has 2 heterocycles. The van der Waals surface area contributed by atoms with E-state index < -0.39 is 0 Å². The third kappa shape index (κ3) is 7.80. The predicted molar refractivity (Wildman–Crippen MR) is 358 cm³/mol. The highest BCUT2D eigenvalue weighted by atomic mass is 15.0. The molecule has 0 aliphatic heterocycles. The minimum Gasteiger partial charge on any atom is -0.309 e. The van der Waals surface area contributed by atoms with Crippen molar-refractivity contribution >= 4 is 86.7 Å². The van der Waals surface area contributed by atoms with Crippen LogP contribution in [0.2, 0.25) is 0 Å². The SMILES string of the molecule is c1ccc(-c2c3ccc(-c4ccc5c(c4)c4cc(-c6ccc7ccccc7c6)ccc4n5-c4ccccc4)cc3c(-c3ccccc3)c3ccc(-c4ccc5c(c4)c4cc(-c6ccc7ccccc7c6)ccc4n5-c4ccccc4)cc23)cc1. The van der Waals surface area contributed by atoms with E-state index in [-0.39, 0.29) is 0 Å². The minimum absolute atomic E-state index is 1.15. The number of benzene rings is 15. The summed E-state index contributed by atoms with van der Waals surface area (Å²) in [5.41, 5.74) is 21.4. The second-order valence-electron chi connectivity index (χ2n) is 22.4. The summed E-state index contributed by atoms with van der Waals surface area (Å²) in [6, 6.07) is 117. The Morgan fingerprint density at radius 3 is 0.762 bits per heavy atom. The van der Waals surface area contributed by atoms with Crippen LogP contribution in [0.15, 0.2) is 315 Å². The van der Waals surface area contributed by atoms with Gasteiger partial charge in [-0.15, -0.1) is 0 Å². The number of nitrogens with zero attached hydrogens (tertiary/aromatic N) is 2. The van der Waals surface area contributed by atoms with Crippen LogP contribution in [-0.2, 0) is 0 Å². The number of para-hydroxylation sites is 2. The summed E-state index contributed by atoms with van der Waals surface area (Å²) < 4.78 is 4.84. The summed E-state index contributed by atoms with van der Waals surface area (Å²) in [7, 11) is 0. The molecule has 0 bridgehead atoms. The Balaban J connectivity index is 0.858. The molecule has 15 aromatic carbocycles. The zero-order chi connectivity index (χ0) is 55.2. The van der Waals surface area contributed by atoms with Crippen LogP contribution in [0.5, 0.6) is 0 Å². The fraction of sp³-hybridized carbons (Fsp3) is 0. The zero-order valence-electron chi connectivity index (χ0n) is 45.9. The van der Waals surface area contributed by atoms with E-state index in [0.717, 1.165) is 11.4 Å². The maximum Gasteiger partial charge on any atom is 0.0541 e. The van der Waals surface area contributed by atoms with Crippen molar-refractivity contribution in [3.8, 4) is 78.1 Å². The quantitative estimate of drug-likeness (QED) is 0.134. The van der Waals surface area contributed by atoms with Crippen molar-refractivity contribution in [3.63, 3.8) is 0 Å². The largest absolute Gasteiger partial charge is 0.309 e. The lowest BCUT2D eigenvalue weighted by Crippen LogP contribution is -1.94. The molecule has 0 unspecified atom stereocenters. The van der Waals surface area contributed by atoms with Crippen LogP contribution in [0.3, 0.4) is 0 Å². The van der Waals surface area contributed by atoms with Gasteiger partial charge in [0.1, 0.15) is 0 Å². The number of fused-ring (bicyclic) bond motifs is 10. The van der Waals surface area contributed by atoms with Gasteiger partial charge in [0, 0.05) is 32.9 Å². The van der Waals surface area contributed by atoms with Crippen molar-refractivity contribution in [2.75, 3.05) is 0 Å². The summed E-state index contributed by atoms with van der Waals surface area (Å²) >= 11 is 0. The third-order valence-corrected chi connectivity index (χ3v) is 17.6. The lowest BCUT2D eigenvalue weighted by Gasteiger charge is -2.20. The second kappa shape index (κ2) is 19.3. The molecule has 0 radical (unpaired) electrons. The Morgan fingerprint density at radius 2 is 0.417 bits per heavy atom. The average Bonchev–Trinajstić information content (AvgIpc) is 1.96. The first-order valence-electron chi connectivity index (χ1n) is 29.0. The fourth-order valence-corrected chi connectivity index (χ4v) is 13.6. The molecule has 0 saturated carbocycles. The van der Waals surface area contributed by atoms with Crippen molar-refractivity contribution in [3.05, 3.63) is 315 Å². The molecule has 0 N–H and O–H groups in total. The zero-order valence-corrected chi connectivity index (χ0v) is 45.9. The van der Waals surface area contributed by atoms with Gasteiger partial charge in [-0.25, -0.2) is 0 Å². The van der Waals surface area contributed by atoms with Crippen molar-refractivity contribution in [1.82, 2.24) is 9.13 Å². The molecule has 2 nitrogen and oxygen atoms in total. The van der Waals surface area contributed by atoms with Gasteiger partial charge in [0.25, 0.3) is 0 Å². The van der Waals surface area contributed by atoms with E-state index >= 15 is 0 Å². The van der Waals surface area contributed by atoms with Crippen molar-refractivity contribution < 1.29 is 0 Å². The van der Waals surface area contributed by atoms with E-state index in [1.165, 1.54) is 153 Å². The Kier molecular flexibility index (Phi) is 11.0. The Morgan fingerprint density at radius 1 is 0.155 bits per heavy atom. The molecule has 0 saturated heterocycles. The smallest absolute Gasteiger partial charge is 0.0541 e. The normalized spacial score (nSPS) is 11.8. The van der Waals surface area contributed by atoms with Crippen molar-refractivity contribution in [2.24, 2.45) is 0 Å². The van der Waals surface area contributed by atoms with Crippen LogP contribution in [-0.4, -0.2) is 9.13 Å². The van der Waals surface area contributed by atoms with Gasteiger partial charge in [-0.3, -0.25) is 0 Å². The molecule has 0 fully saturated rings. The summed E-state index contributed by atoms with van der Waals surface area (Å²) in [4.78, 5) is 0. The van der Waals surface area contributed by atoms with E-state index in [0.29, 0.717) is 0 Å². The fourth-order valence-electron chi connectivity index (χ4n) is 13.6. The first-order valence-corrected chi connectivity index (χ1v) is 29.0. The Labute approximate surface area is 486 Å². The highest BCUT2D eigenvalue weighted by Crippen LogP contribution is 2.48. The molecular weight excluding hydrogens is 1010 g/mol.